The van der Waals surface area contributed by atoms with Gasteiger partial charge in [-0.15, -0.1) is 0 Å². The quantitative estimate of drug-likeness (QED) is 0.270. The molecular formula is C26H16N2O. The molecule has 0 amide bonds. The summed E-state index contributed by atoms with van der Waals surface area (Å²) in [5.74, 6) is 0. The molecule has 0 spiro atoms. The van der Waals surface area contributed by atoms with Crippen LogP contribution in [0.25, 0.3) is 49.7 Å². The zero-order chi connectivity index (χ0) is 19.4. The fraction of sp³-hybridized carbons (Fsp3) is 0. The number of aromatic nitrogens is 2. The summed E-state index contributed by atoms with van der Waals surface area (Å²) in [5, 5.41) is 3.84. The van der Waals surface area contributed by atoms with Crippen molar-refractivity contribution in [2.75, 3.05) is 0 Å². The molecule has 1 aliphatic heterocycles. The van der Waals surface area contributed by atoms with Crippen LogP contribution in [0.4, 0.5) is 0 Å². The van der Waals surface area contributed by atoms with Gasteiger partial charge in [-0.05, 0) is 23.6 Å². The van der Waals surface area contributed by atoms with E-state index in [1.165, 1.54) is 0 Å². The van der Waals surface area contributed by atoms with Crippen molar-refractivity contribution in [1.82, 2.24) is 9.55 Å². The van der Waals surface area contributed by atoms with Gasteiger partial charge in [-0.2, -0.15) is 0 Å². The standard InChI is InChI=1S/C26H16N2O/c29-24-16-23-26(21-13-7-6-12-20(21)24)27-25-19-11-5-4-8-17(19)14-15-22(25)28(23)18-9-2-1-3-10-18/h1-16H. The Morgan fingerprint density at radius 1 is 0.655 bits per heavy atom. The van der Waals surface area contributed by atoms with Crippen LogP contribution >= 0.6 is 0 Å². The second-order valence-electron chi connectivity index (χ2n) is 7.23. The Bertz CT molecular complexity index is 1570. The number of rotatable bonds is 1. The largest absolute Gasteiger partial charge is 0.306 e. The van der Waals surface area contributed by atoms with E-state index >= 15 is 0 Å². The second-order valence-corrected chi connectivity index (χ2v) is 7.23. The number of para-hydroxylation sites is 1. The van der Waals surface area contributed by atoms with Crippen LogP contribution in [-0.2, 0) is 0 Å². The molecular weight excluding hydrogens is 356 g/mol. The van der Waals surface area contributed by atoms with Crippen molar-refractivity contribution in [2.24, 2.45) is 0 Å². The highest BCUT2D eigenvalue weighted by molar-refractivity contribution is 6.07. The third kappa shape index (κ3) is 2.31. The molecule has 2 aliphatic rings. The Labute approximate surface area is 166 Å². The fourth-order valence-corrected chi connectivity index (χ4v) is 4.24. The Hall–Kier alpha value is -3.98. The molecule has 6 rings (SSSR count). The zero-order valence-electron chi connectivity index (χ0n) is 15.5. The van der Waals surface area contributed by atoms with E-state index in [0.717, 1.165) is 44.3 Å². The van der Waals surface area contributed by atoms with Crippen LogP contribution in [0.3, 0.4) is 0 Å². The fourth-order valence-electron chi connectivity index (χ4n) is 4.24. The van der Waals surface area contributed by atoms with Crippen LogP contribution in [0.5, 0.6) is 0 Å². The SMILES string of the molecule is O=c1cc2n(-c3ccccc3)c3ccc4ccccc4c3nc-2c2ccccc12. The highest BCUT2D eigenvalue weighted by Gasteiger charge is 2.19. The number of nitrogens with zero attached hydrogens (tertiary/aromatic N) is 2. The van der Waals surface area contributed by atoms with Crippen molar-refractivity contribution in [3.8, 4) is 17.1 Å². The monoisotopic (exact) mass is 372 g/mol. The molecule has 0 unspecified atom stereocenters. The lowest BCUT2D eigenvalue weighted by Gasteiger charge is -2.20. The van der Waals surface area contributed by atoms with Crippen molar-refractivity contribution < 1.29 is 0 Å². The maximum Gasteiger partial charge on any atom is 0.188 e. The Kier molecular flexibility index (Phi) is 3.32. The molecule has 3 nitrogen and oxygen atoms in total. The van der Waals surface area contributed by atoms with E-state index in [1.54, 1.807) is 6.07 Å². The molecule has 0 aromatic heterocycles. The van der Waals surface area contributed by atoms with Crippen LogP contribution in [0.2, 0.25) is 0 Å². The number of hydrogen-bond donors (Lipinski definition) is 0. The lowest BCUT2D eigenvalue weighted by atomic mass is 10.0. The molecule has 1 heterocycles. The molecule has 4 aromatic rings. The van der Waals surface area contributed by atoms with Gasteiger partial charge in [-0.3, -0.25) is 4.79 Å². The lowest BCUT2D eigenvalue weighted by Crippen LogP contribution is -2.11. The first-order valence-electron chi connectivity index (χ1n) is 9.63. The summed E-state index contributed by atoms with van der Waals surface area (Å²) in [5.41, 5.74) is 4.60. The van der Waals surface area contributed by atoms with Gasteiger partial charge in [0.1, 0.15) is 0 Å². The van der Waals surface area contributed by atoms with Crippen molar-refractivity contribution in [3.05, 3.63) is 107 Å². The highest BCUT2D eigenvalue weighted by Crippen LogP contribution is 2.35. The molecule has 136 valence electrons. The first-order valence-corrected chi connectivity index (χ1v) is 9.63. The summed E-state index contributed by atoms with van der Waals surface area (Å²) in [6.07, 6.45) is 0. The smallest absolute Gasteiger partial charge is 0.188 e. The topological polar surface area (TPSA) is 34.9 Å². The van der Waals surface area contributed by atoms with E-state index in [9.17, 15) is 4.79 Å². The van der Waals surface area contributed by atoms with E-state index in [-0.39, 0.29) is 5.43 Å². The first-order chi connectivity index (χ1) is 14.3. The van der Waals surface area contributed by atoms with E-state index < -0.39 is 0 Å². The predicted molar refractivity (Wildman–Crippen MR) is 119 cm³/mol. The number of fused-ring (bicyclic) bond motifs is 6. The molecule has 1 aliphatic carbocycles. The highest BCUT2D eigenvalue weighted by atomic mass is 16.1. The molecule has 0 radical (unpaired) electrons. The Balaban J connectivity index is 1.93. The van der Waals surface area contributed by atoms with Crippen molar-refractivity contribution in [1.29, 1.82) is 0 Å². The van der Waals surface area contributed by atoms with E-state index in [2.05, 4.69) is 41.0 Å². The van der Waals surface area contributed by atoms with Crippen LogP contribution in [-0.4, -0.2) is 9.55 Å². The molecule has 0 fully saturated rings. The molecule has 0 saturated carbocycles. The van der Waals surface area contributed by atoms with E-state index in [1.807, 2.05) is 54.6 Å². The van der Waals surface area contributed by atoms with Crippen LogP contribution < -0.4 is 5.43 Å². The van der Waals surface area contributed by atoms with Crippen molar-refractivity contribution in [3.63, 3.8) is 0 Å². The van der Waals surface area contributed by atoms with Crippen molar-refractivity contribution in [2.45, 2.75) is 0 Å². The summed E-state index contributed by atoms with van der Waals surface area (Å²) in [4.78, 5) is 18.0. The van der Waals surface area contributed by atoms with E-state index in [0.29, 0.717) is 5.39 Å². The van der Waals surface area contributed by atoms with Gasteiger partial charge < -0.3 is 4.57 Å². The number of benzene rings is 5. The number of hydrogen-bond acceptors (Lipinski definition) is 2. The van der Waals surface area contributed by atoms with Crippen LogP contribution in [0.1, 0.15) is 0 Å². The summed E-state index contributed by atoms with van der Waals surface area (Å²) < 4.78 is 2.15. The van der Waals surface area contributed by atoms with Gasteiger partial charge in [0, 0.05) is 27.9 Å². The summed E-state index contributed by atoms with van der Waals surface area (Å²) >= 11 is 0. The summed E-state index contributed by atoms with van der Waals surface area (Å²) in [6, 6.07) is 32.1. The second kappa shape index (κ2) is 6.01. The minimum atomic E-state index is 0.0136. The van der Waals surface area contributed by atoms with E-state index in [4.69, 9.17) is 4.98 Å². The summed E-state index contributed by atoms with van der Waals surface area (Å²) in [7, 11) is 0. The van der Waals surface area contributed by atoms with Gasteiger partial charge in [0.25, 0.3) is 0 Å². The molecule has 0 N–H and O–H groups in total. The third-order valence-corrected chi connectivity index (χ3v) is 5.56. The molecule has 0 atom stereocenters. The van der Waals surface area contributed by atoms with Gasteiger partial charge in [0.15, 0.2) is 5.43 Å². The summed E-state index contributed by atoms with van der Waals surface area (Å²) in [6.45, 7) is 0. The maximum atomic E-state index is 12.9. The average Bonchev–Trinajstić information content (AvgIpc) is 2.78. The van der Waals surface area contributed by atoms with Crippen molar-refractivity contribution >= 4 is 32.6 Å². The normalized spacial score (nSPS) is 11.6. The minimum Gasteiger partial charge on any atom is -0.306 e. The predicted octanol–water partition coefficient (Wildman–Crippen LogP) is 5.80. The molecule has 4 aromatic carbocycles. The molecule has 3 heteroatoms. The van der Waals surface area contributed by atoms with Gasteiger partial charge in [0.05, 0.1) is 22.4 Å². The Morgan fingerprint density at radius 2 is 1.34 bits per heavy atom. The average molecular weight is 372 g/mol. The maximum absolute atomic E-state index is 12.9. The first kappa shape index (κ1) is 16.0. The van der Waals surface area contributed by atoms with Gasteiger partial charge >= 0.3 is 0 Å². The third-order valence-electron chi connectivity index (χ3n) is 5.56. The van der Waals surface area contributed by atoms with Gasteiger partial charge in [0.2, 0.25) is 0 Å². The van der Waals surface area contributed by atoms with Crippen LogP contribution in [0.15, 0.2) is 102 Å². The van der Waals surface area contributed by atoms with Gasteiger partial charge in [-0.1, -0.05) is 72.8 Å². The van der Waals surface area contributed by atoms with Crippen LogP contribution in [0, 0.1) is 0 Å². The molecule has 0 bridgehead atoms. The zero-order valence-corrected chi connectivity index (χ0v) is 15.5. The Morgan fingerprint density at radius 3 is 2.17 bits per heavy atom. The lowest BCUT2D eigenvalue weighted by molar-refractivity contribution is 1.09. The minimum absolute atomic E-state index is 0.0136. The molecule has 29 heavy (non-hydrogen) atoms. The van der Waals surface area contributed by atoms with Gasteiger partial charge in [-0.25, -0.2) is 4.98 Å². The molecule has 0 saturated heterocycles.